The minimum Gasteiger partial charge on any atom is -0.347 e. The first-order chi connectivity index (χ1) is 9.97. The van der Waals surface area contributed by atoms with Crippen molar-refractivity contribution in [3.63, 3.8) is 0 Å². The molecule has 116 valence electrons. The van der Waals surface area contributed by atoms with E-state index >= 15 is 0 Å². The van der Waals surface area contributed by atoms with Gasteiger partial charge in [-0.05, 0) is 36.8 Å². The molecule has 1 saturated heterocycles. The molecule has 1 aromatic heterocycles. The van der Waals surface area contributed by atoms with E-state index in [0.717, 1.165) is 29.5 Å². The Bertz CT molecular complexity index is 497. The first kappa shape index (κ1) is 16.3. The highest BCUT2D eigenvalue weighted by molar-refractivity contribution is 8.14. The van der Waals surface area contributed by atoms with Crippen LogP contribution in [0.1, 0.15) is 39.7 Å². The molecule has 0 aromatic carbocycles. The average Bonchev–Trinajstić information content (AvgIpc) is 2.74. The third-order valence-corrected chi connectivity index (χ3v) is 4.74. The third-order valence-electron chi connectivity index (χ3n) is 3.60. The SMILES string of the molecule is Cc1cnccc1N=C1SC[C@H](CC(C)C)N1CC(C)C. The quantitative estimate of drug-likeness (QED) is 0.802. The number of pyridine rings is 1. The topological polar surface area (TPSA) is 28.5 Å². The lowest BCUT2D eigenvalue weighted by Gasteiger charge is -2.28. The van der Waals surface area contributed by atoms with Crippen molar-refractivity contribution in [2.24, 2.45) is 16.8 Å². The molecule has 3 nitrogen and oxygen atoms in total. The fourth-order valence-corrected chi connectivity index (χ4v) is 3.86. The van der Waals surface area contributed by atoms with E-state index in [4.69, 9.17) is 4.99 Å². The van der Waals surface area contributed by atoms with Crippen LogP contribution < -0.4 is 0 Å². The molecule has 1 aromatic rings. The highest BCUT2D eigenvalue weighted by Gasteiger charge is 2.31. The summed E-state index contributed by atoms with van der Waals surface area (Å²) < 4.78 is 0. The predicted octanol–water partition coefficient (Wildman–Crippen LogP) is 4.50. The van der Waals surface area contributed by atoms with Gasteiger partial charge in [-0.1, -0.05) is 39.5 Å². The van der Waals surface area contributed by atoms with Gasteiger partial charge in [-0.2, -0.15) is 0 Å². The number of amidine groups is 1. The van der Waals surface area contributed by atoms with Crippen molar-refractivity contribution >= 4 is 22.6 Å². The first-order valence-corrected chi connectivity index (χ1v) is 8.84. The Labute approximate surface area is 133 Å². The first-order valence-electron chi connectivity index (χ1n) is 7.86. The molecule has 1 fully saturated rings. The van der Waals surface area contributed by atoms with Crippen LogP contribution in [0.3, 0.4) is 0 Å². The summed E-state index contributed by atoms with van der Waals surface area (Å²) in [5.74, 6) is 2.54. The van der Waals surface area contributed by atoms with Crippen LogP contribution in [-0.2, 0) is 0 Å². The van der Waals surface area contributed by atoms with Gasteiger partial charge in [0.25, 0.3) is 0 Å². The highest BCUT2D eigenvalue weighted by Crippen LogP contribution is 2.31. The van der Waals surface area contributed by atoms with E-state index in [2.05, 4.69) is 44.5 Å². The summed E-state index contributed by atoms with van der Waals surface area (Å²) in [5, 5.41) is 1.18. The van der Waals surface area contributed by atoms with Crippen LogP contribution in [0.4, 0.5) is 5.69 Å². The van der Waals surface area contributed by atoms with Crippen LogP contribution in [0.25, 0.3) is 0 Å². The maximum atomic E-state index is 4.92. The largest absolute Gasteiger partial charge is 0.347 e. The number of aliphatic imine (C=N–C) groups is 1. The van der Waals surface area contributed by atoms with E-state index in [-0.39, 0.29) is 0 Å². The van der Waals surface area contributed by atoms with Crippen LogP contribution in [-0.4, -0.2) is 33.4 Å². The van der Waals surface area contributed by atoms with Crippen molar-refractivity contribution in [1.82, 2.24) is 9.88 Å². The number of rotatable bonds is 5. The van der Waals surface area contributed by atoms with Gasteiger partial charge in [0.15, 0.2) is 5.17 Å². The van der Waals surface area contributed by atoms with Crippen LogP contribution >= 0.6 is 11.8 Å². The van der Waals surface area contributed by atoms with Gasteiger partial charge in [0, 0.05) is 30.7 Å². The molecule has 21 heavy (non-hydrogen) atoms. The number of aromatic nitrogens is 1. The zero-order chi connectivity index (χ0) is 15.4. The molecule has 2 heterocycles. The predicted molar refractivity (Wildman–Crippen MR) is 93.3 cm³/mol. The second-order valence-corrected chi connectivity index (χ2v) is 7.68. The van der Waals surface area contributed by atoms with Gasteiger partial charge in [-0.25, -0.2) is 4.99 Å². The molecule has 1 aliphatic rings. The highest BCUT2D eigenvalue weighted by atomic mass is 32.2. The van der Waals surface area contributed by atoms with Gasteiger partial charge in [0.2, 0.25) is 0 Å². The zero-order valence-corrected chi connectivity index (χ0v) is 14.7. The molecule has 0 bridgehead atoms. The average molecular weight is 305 g/mol. The lowest BCUT2D eigenvalue weighted by molar-refractivity contribution is 0.279. The van der Waals surface area contributed by atoms with Crippen LogP contribution in [0.15, 0.2) is 23.5 Å². The summed E-state index contributed by atoms with van der Waals surface area (Å²) in [6, 6.07) is 2.63. The van der Waals surface area contributed by atoms with E-state index in [0.29, 0.717) is 12.0 Å². The molecule has 1 atom stereocenters. The molecule has 0 radical (unpaired) electrons. The Morgan fingerprint density at radius 2 is 2.10 bits per heavy atom. The van der Waals surface area contributed by atoms with Gasteiger partial charge in [0.05, 0.1) is 5.69 Å². The summed E-state index contributed by atoms with van der Waals surface area (Å²) in [6.45, 7) is 12.3. The molecule has 0 aliphatic carbocycles. The van der Waals surface area contributed by atoms with Crippen LogP contribution in [0.5, 0.6) is 0 Å². The molecule has 0 spiro atoms. The minimum atomic E-state index is 0.623. The van der Waals surface area contributed by atoms with Crippen molar-refractivity contribution in [1.29, 1.82) is 0 Å². The molecule has 0 unspecified atom stereocenters. The van der Waals surface area contributed by atoms with Crippen molar-refractivity contribution in [2.75, 3.05) is 12.3 Å². The molecular formula is C17H27N3S. The number of hydrogen-bond donors (Lipinski definition) is 0. The van der Waals surface area contributed by atoms with Crippen molar-refractivity contribution in [3.8, 4) is 0 Å². The maximum absolute atomic E-state index is 4.92. The Morgan fingerprint density at radius 3 is 2.71 bits per heavy atom. The van der Waals surface area contributed by atoms with E-state index in [1.54, 1.807) is 0 Å². The number of aryl methyl sites for hydroxylation is 1. The van der Waals surface area contributed by atoms with Gasteiger partial charge >= 0.3 is 0 Å². The van der Waals surface area contributed by atoms with Gasteiger partial charge in [-0.15, -0.1) is 0 Å². The van der Waals surface area contributed by atoms with Gasteiger partial charge in [-0.3, -0.25) is 4.98 Å². The van der Waals surface area contributed by atoms with Gasteiger partial charge < -0.3 is 4.90 Å². The Balaban J connectivity index is 2.23. The molecule has 2 rings (SSSR count). The summed E-state index contributed by atoms with van der Waals surface area (Å²) in [6.07, 6.45) is 4.95. The van der Waals surface area contributed by atoms with Crippen molar-refractivity contribution < 1.29 is 0 Å². The smallest absolute Gasteiger partial charge is 0.164 e. The third kappa shape index (κ3) is 4.47. The summed E-state index contributed by atoms with van der Waals surface area (Å²) in [5.41, 5.74) is 2.19. The second kappa shape index (κ2) is 7.30. The fraction of sp³-hybridized carbons (Fsp3) is 0.647. The summed E-state index contributed by atoms with van der Waals surface area (Å²) in [4.78, 5) is 11.6. The number of hydrogen-bond acceptors (Lipinski definition) is 3. The number of thioether (sulfide) groups is 1. The van der Waals surface area contributed by atoms with Crippen molar-refractivity contribution in [3.05, 3.63) is 24.0 Å². The molecular weight excluding hydrogens is 278 g/mol. The van der Waals surface area contributed by atoms with Crippen molar-refractivity contribution in [2.45, 2.75) is 47.1 Å². The van der Waals surface area contributed by atoms with Crippen LogP contribution in [0.2, 0.25) is 0 Å². The van der Waals surface area contributed by atoms with E-state index in [9.17, 15) is 0 Å². The lowest BCUT2D eigenvalue weighted by Crippen LogP contribution is -2.37. The fourth-order valence-electron chi connectivity index (χ4n) is 2.65. The Kier molecular flexibility index (Phi) is 5.68. The summed E-state index contributed by atoms with van der Waals surface area (Å²) in [7, 11) is 0. The monoisotopic (exact) mass is 305 g/mol. The number of nitrogens with zero attached hydrogens (tertiary/aromatic N) is 3. The van der Waals surface area contributed by atoms with Crippen LogP contribution in [0, 0.1) is 18.8 Å². The molecule has 4 heteroatoms. The Morgan fingerprint density at radius 1 is 1.33 bits per heavy atom. The molecule has 0 saturated carbocycles. The Hall–Kier alpha value is -1.03. The lowest BCUT2D eigenvalue weighted by atomic mass is 10.0. The maximum Gasteiger partial charge on any atom is 0.164 e. The minimum absolute atomic E-state index is 0.623. The molecule has 1 aliphatic heterocycles. The van der Waals surface area contributed by atoms with E-state index in [1.807, 2.05) is 30.2 Å². The molecule has 0 N–H and O–H groups in total. The summed E-state index contributed by atoms with van der Waals surface area (Å²) >= 11 is 1.90. The second-order valence-electron chi connectivity index (χ2n) is 6.70. The normalized spacial score (nSPS) is 21.0. The standard InChI is InChI=1S/C17H27N3S/c1-12(2)8-15-11-21-17(20(15)10-13(3)4)19-16-6-7-18-9-14(16)5/h6-7,9,12-13,15H,8,10-11H2,1-5H3/t15-/m0/s1. The molecule has 0 amide bonds. The van der Waals surface area contributed by atoms with Gasteiger partial charge in [0.1, 0.15) is 0 Å². The van der Waals surface area contributed by atoms with E-state index < -0.39 is 0 Å². The van der Waals surface area contributed by atoms with E-state index in [1.165, 1.54) is 11.6 Å². The zero-order valence-electron chi connectivity index (χ0n) is 13.8.